The van der Waals surface area contributed by atoms with Gasteiger partial charge in [-0.05, 0) is 33.6 Å². The first kappa shape index (κ1) is 16.6. The number of imide groups is 1. The van der Waals surface area contributed by atoms with Gasteiger partial charge in [0.2, 0.25) is 0 Å². The van der Waals surface area contributed by atoms with Gasteiger partial charge in [-0.15, -0.1) is 0 Å². The summed E-state index contributed by atoms with van der Waals surface area (Å²) < 4.78 is 5.22. The Labute approximate surface area is 130 Å². The zero-order chi connectivity index (χ0) is 16.5. The first-order valence-corrected chi connectivity index (χ1v) is 7.73. The van der Waals surface area contributed by atoms with Crippen molar-refractivity contribution in [2.24, 2.45) is 5.92 Å². The van der Waals surface area contributed by atoms with E-state index in [4.69, 9.17) is 4.74 Å². The Bertz CT molecular complexity index is 486. The highest BCUT2D eigenvalue weighted by atomic mass is 16.6. The Hall–Kier alpha value is -1.79. The molecule has 2 aliphatic rings. The second kappa shape index (κ2) is 5.78. The zero-order valence-corrected chi connectivity index (χ0v) is 13.7. The minimum absolute atomic E-state index is 0.116. The van der Waals surface area contributed by atoms with Crippen LogP contribution in [0.25, 0.3) is 0 Å². The van der Waals surface area contributed by atoms with Crippen molar-refractivity contribution in [2.75, 3.05) is 13.6 Å². The Morgan fingerprint density at radius 1 is 1.41 bits per heavy atom. The predicted octanol–water partition coefficient (Wildman–Crippen LogP) is 1.62. The van der Waals surface area contributed by atoms with Crippen molar-refractivity contribution in [3.8, 4) is 0 Å². The lowest BCUT2D eigenvalue weighted by atomic mass is 9.72. The van der Waals surface area contributed by atoms with E-state index in [2.05, 4.69) is 10.6 Å². The maximum Gasteiger partial charge on any atom is 0.407 e. The van der Waals surface area contributed by atoms with E-state index in [1.165, 1.54) is 7.05 Å². The molecule has 0 radical (unpaired) electrons. The summed E-state index contributed by atoms with van der Waals surface area (Å²) in [6, 6.07) is -0.367. The smallest absolute Gasteiger partial charge is 0.407 e. The van der Waals surface area contributed by atoms with Gasteiger partial charge < -0.3 is 15.4 Å². The van der Waals surface area contributed by atoms with Gasteiger partial charge >= 0.3 is 12.1 Å². The van der Waals surface area contributed by atoms with Gasteiger partial charge in [0.25, 0.3) is 5.91 Å². The normalized spacial score (nSPS) is 28.7. The second-order valence-electron chi connectivity index (χ2n) is 7.09. The molecule has 2 unspecified atom stereocenters. The molecule has 22 heavy (non-hydrogen) atoms. The molecule has 0 aromatic rings. The molecule has 0 aromatic carbocycles. The molecule has 1 saturated heterocycles. The topological polar surface area (TPSA) is 87.7 Å². The lowest BCUT2D eigenvalue weighted by Gasteiger charge is -2.39. The highest BCUT2D eigenvalue weighted by Crippen LogP contribution is 2.37. The van der Waals surface area contributed by atoms with Crippen LogP contribution in [-0.4, -0.2) is 47.7 Å². The van der Waals surface area contributed by atoms with Crippen molar-refractivity contribution >= 4 is 18.0 Å². The van der Waals surface area contributed by atoms with E-state index in [9.17, 15) is 14.4 Å². The molecular formula is C15H25N3O4. The van der Waals surface area contributed by atoms with Gasteiger partial charge in [-0.3, -0.25) is 9.69 Å². The van der Waals surface area contributed by atoms with E-state index >= 15 is 0 Å². The van der Waals surface area contributed by atoms with Crippen LogP contribution >= 0.6 is 0 Å². The second-order valence-corrected chi connectivity index (χ2v) is 7.09. The molecule has 4 amide bonds. The molecule has 0 bridgehead atoms. The first-order chi connectivity index (χ1) is 10.2. The SMILES string of the molecule is CN1C(=O)NC2(CCCCC2CNC(=O)OC(C)(C)C)C1=O. The zero-order valence-electron chi connectivity index (χ0n) is 13.7. The number of hydrogen-bond donors (Lipinski definition) is 2. The number of rotatable bonds is 2. The van der Waals surface area contributed by atoms with Crippen molar-refractivity contribution in [1.29, 1.82) is 0 Å². The van der Waals surface area contributed by atoms with Crippen molar-refractivity contribution in [3.63, 3.8) is 0 Å². The summed E-state index contributed by atoms with van der Waals surface area (Å²) in [7, 11) is 1.49. The van der Waals surface area contributed by atoms with Crippen LogP contribution in [0.4, 0.5) is 9.59 Å². The summed E-state index contributed by atoms with van der Waals surface area (Å²) in [5.41, 5.74) is -1.44. The number of hydrogen-bond acceptors (Lipinski definition) is 4. The molecule has 7 heteroatoms. The van der Waals surface area contributed by atoms with Crippen molar-refractivity contribution < 1.29 is 19.1 Å². The molecule has 124 valence electrons. The van der Waals surface area contributed by atoms with E-state index in [0.29, 0.717) is 13.0 Å². The van der Waals surface area contributed by atoms with Crippen LogP contribution in [-0.2, 0) is 9.53 Å². The summed E-state index contributed by atoms with van der Waals surface area (Å²) in [6.45, 7) is 5.70. The third kappa shape index (κ3) is 3.18. The van der Waals surface area contributed by atoms with Crippen molar-refractivity contribution in [2.45, 2.75) is 57.6 Å². The lowest BCUT2D eigenvalue weighted by Crippen LogP contribution is -2.57. The maximum atomic E-state index is 12.5. The number of ether oxygens (including phenoxy) is 1. The molecule has 1 heterocycles. The van der Waals surface area contributed by atoms with E-state index in [1.807, 2.05) is 0 Å². The van der Waals surface area contributed by atoms with Crippen LogP contribution in [0.2, 0.25) is 0 Å². The molecule has 1 saturated carbocycles. The number of alkyl carbamates (subject to hydrolysis) is 1. The van der Waals surface area contributed by atoms with Crippen LogP contribution in [0, 0.1) is 5.92 Å². The molecule has 1 spiro atoms. The lowest BCUT2D eigenvalue weighted by molar-refractivity contribution is -0.133. The number of likely N-dealkylation sites (N-methyl/N-ethyl adjacent to an activating group) is 1. The van der Waals surface area contributed by atoms with Crippen molar-refractivity contribution in [3.05, 3.63) is 0 Å². The summed E-state index contributed by atoms with van der Waals surface area (Å²) in [4.78, 5) is 37.2. The minimum Gasteiger partial charge on any atom is -0.444 e. The van der Waals surface area contributed by atoms with Gasteiger partial charge in [0.15, 0.2) is 0 Å². The Balaban J connectivity index is 2.04. The third-order valence-corrected chi connectivity index (χ3v) is 4.28. The van der Waals surface area contributed by atoms with E-state index in [-0.39, 0.29) is 17.9 Å². The minimum atomic E-state index is -0.876. The summed E-state index contributed by atoms with van der Waals surface area (Å²) in [6.07, 6.45) is 2.77. The van der Waals surface area contributed by atoms with E-state index in [1.54, 1.807) is 20.8 Å². The summed E-state index contributed by atoms with van der Waals surface area (Å²) >= 11 is 0. The van der Waals surface area contributed by atoms with Gasteiger partial charge in [0.1, 0.15) is 11.1 Å². The monoisotopic (exact) mass is 311 g/mol. The largest absolute Gasteiger partial charge is 0.444 e. The van der Waals surface area contributed by atoms with Crippen LogP contribution in [0.15, 0.2) is 0 Å². The molecule has 2 atom stereocenters. The van der Waals surface area contributed by atoms with Crippen LogP contribution in [0.1, 0.15) is 46.5 Å². The van der Waals surface area contributed by atoms with Gasteiger partial charge in [0.05, 0.1) is 0 Å². The molecule has 0 aromatic heterocycles. The molecule has 2 N–H and O–H groups in total. The number of nitrogens with zero attached hydrogens (tertiary/aromatic N) is 1. The Morgan fingerprint density at radius 2 is 2.09 bits per heavy atom. The van der Waals surface area contributed by atoms with Gasteiger partial charge in [-0.2, -0.15) is 0 Å². The average Bonchev–Trinajstić information content (AvgIpc) is 2.61. The predicted molar refractivity (Wildman–Crippen MR) is 80.2 cm³/mol. The van der Waals surface area contributed by atoms with E-state index in [0.717, 1.165) is 24.2 Å². The molecule has 7 nitrogen and oxygen atoms in total. The Morgan fingerprint density at radius 3 is 2.64 bits per heavy atom. The maximum absolute atomic E-state index is 12.5. The molecule has 1 aliphatic heterocycles. The molecular weight excluding hydrogens is 286 g/mol. The Kier molecular flexibility index (Phi) is 4.35. The number of amides is 4. The quantitative estimate of drug-likeness (QED) is 0.759. The standard InChI is InChI=1S/C15H25N3O4/c1-14(2,3)22-13(21)16-9-10-7-5-6-8-15(10)11(19)18(4)12(20)17-15/h10H,5-9H2,1-4H3,(H,16,21)(H,17,20). The molecule has 2 fully saturated rings. The van der Waals surface area contributed by atoms with Crippen LogP contribution in [0.5, 0.6) is 0 Å². The highest BCUT2D eigenvalue weighted by Gasteiger charge is 2.55. The van der Waals surface area contributed by atoms with E-state index < -0.39 is 17.2 Å². The average molecular weight is 311 g/mol. The number of carbonyl (C=O) groups is 3. The third-order valence-electron chi connectivity index (χ3n) is 4.28. The van der Waals surface area contributed by atoms with Gasteiger partial charge in [0, 0.05) is 19.5 Å². The summed E-state index contributed by atoms with van der Waals surface area (Å²) in [5, 5.41) is 5.56. The fraction of sp³-hybridized carbons (Fsp3) is 0.800. The van der Waals surface area contributed by atoms with Crippen LogP contribution < -0.4 is 10.6 Å². The van der Waals surface area contributed by atoms with Crippen molar-refractivity contribution in [1.82, 2.24) is 15.5 Å². The fourth-order valence-corrected chi connectivity index (χ4v) is 3.21. The summed E-state index contributed by atoms with van der Waals surface area (Å²) in [5.74, 6) is -0.316. The van der Waals surface area contributed by atoms with Gasteiger partial charge in [-0.1, -0.05) is 12.8 Å². The highest BCUT2D eigenvalue weighted by molar-refractivity contribution is 6.07. The number of nitrogens with one attached hydrogen (secondary N) is 2. The number of carbonyl (C=O) groups excluding carboxylic acids is 3. The molecule has 2 rings (SSSR count). The number of urea groups is 1. The first-order valence-electron chi connectivity index (χ1n) is 7.73. The van der Waals surface area contributed by atoms with Crippen LogP contribution in [0.3, 0.4) is 0 Å². The molecule has 1 aliphatic carbocycles. The van der Waals surface area contributed by atoms with Gasteiger partial charge in [-0.25, -0.2) is 9.59 Å². The fourth-order valence-electron chi connectivity index (χ4n) is 3.21.